The van der Waals surface area contributed by atoms with Gasteiger partial charge in [0.05, 0.1) is 12.6 Å². The summed E-state index contributed by atoms with van der Waals surface area (Å²) >= 11 is 0. The Bertz CT molecular complexity index is 632. The minimum Gasteiger partial charge on any atom is -0.445 e. The molecule has 8 heteroatoms. The Hall–Kier alpha value is -2.38. The maximum atomic E-state index is 14.3. The van der Waals surface area contributed by atoms with E-state index in [4.69, 9.17) is 9.47 Å². The zero-order chi connectivity index (χ0) is 19.4. The van der Waals surface area contributed by atoms with E-state index < -0.39 is 36.3 Å². The molecular formula is C18H24F2N2O4. The number of amides is 2. The van der Waals surface area contributed by atoms with Gasteiger partial charge in [0.25, 0.3) is 5.92 Å². The normalized spacial score (nSPS) is 19.6. The molecule has 0 bridgehead atoms. The molecule has 0 aliphatic carbocycles. The van der Waals surface area contributed by atoms with Crippen LogP contribution in [0.4, 0.5) is 18.4 Å². The zero-order valence-electron chi connectivity index (χ0n) is 15.1. The van der Waals surface area contributed by atoms with Crippen molar-refractivity contribution in [3.8, 4) is 0 Å². The second kappa shape index (κ2) is 7.88. The van der Waals surface area contributed by atoms with Crippen LogP contribution in [0.15, 0.2) is 30.3 Å². The molecule has 1 N–H and O–H groups in total. The van der Waals surface area contributed by atoms with Crippen LogP contribution < -0.4 is 5.32 Å². The van der Waals surface area contributed by atoms with Crippen molar-refractivity contribution < 1.29 is 27.8 Å². The third-order valence-corrected chi connectivity index (χ3v) is 3.76. The molecule has 1 aliphatic rings. The highest BCUT2D eigenvalue weighted by molar-refractivity contribution is 5.69. The first-order valence-corrected chi connectivity index (χ1v) is 8.40. The Morgan fingerprint density at radius 3 is 2.50 bits per heavy atom. The Morgan fingerprint density at radius 1 is 1.27 bits per heavy atom. The summed E-state index contributed by atoms with van der Waals surface area (Å²) < 4.78 is 38.7. The smallest absolute Gasteiger partial charge is 0.410 e. The average molecular weight is 370 g/mol. The summed E-state index contributed by atoms with van der Waals surface area (Å²) in [5, 5.41) is 2.20. The number of rotatable bonds is 3. The maximum absolute atomic E-state index is 14.3. The quantitative estimate of drug-likeness (QED) is 0.883. The lowest BCUT2D eigenvalue weighted by Gasteiger charge is -2.38. The van der Waals surface area contributed by atoms with Gasteiger partial charge >= 0.3 is 12.2 Å². The summed E-state index contributed by atoms with van der Waals surface area (Å²) in [4.78, 5) is 24.7. The minimum absolute atomic E-state index is 0.00496. The number of hydrogen-bond donors (Lipinski definition) is 1. The van der Waals surface area contributed by atoms with Crippen molar-refractivity contribution in [2.75, 3.05) is 13.1 Å². The van der Waals surface area contributed by atoms with E-state index in [1.807, 2.05) is 6.07 Å². The van der Waals surface area contributed by atoms with Crippen LogP contribution in [0.25, 0.3) is 0 Å². The molecule has 1 aromatic rings. The molecule has 1 atom stereocenters. The zero-order valence-corrected chi connectivity index (χ0v) is 15.1. The molecule has 0 radical (unpaired) electrons. The molecule has 0 unspecified atom stereocenters. The summed E-state index contributed by atoms with van der Waals surface area (Å²) in [5.74, 6) is -3.28. The molecule has 1 heterocycles. The highest BCUT2D eigenvalue weighted by atomic mass is 19.3. The largest absolute Gasteiger partial charge is 0.445 e. The van der Waals surface area contributed by atoms with Crippen LogP contribution in [0, 0.1) is 0 Å². The van der Waals surface area contributed by atoms with Crippen LogP contribution in [0.3, 0.4) is 0 Å². The predicted octanol–water partition coefficient (Wildman–Crippen LogP) is 3.56. The number of alkyl halides is 2. The van der Waals surface area contributed by atoms with Crippen LogP contribution in [0.2, 0.25) is 0 Å². The van der Waals surface area contributed by atoms with Crippen LogP contribution in [-0.4, -0.2) is 47.7 Å². The Morgan fingerprint density at radius 2 is 1.92 bits per heavy atom. The molecule has 0 saturated carbocycles. The lowest BCUT2D eigenvalue weighted by atomic mass is 10.0. The van der Waals surface area contributed by atoms with E-state index in [1.54, 1.807) is 45.0 Å². The first kappa shape index (κ1) is 19.9. The number of nitrogens with one attached hydrogen (secondary N) is 1. The van der Waals surface area contributed by atoms with Crippen LogP contribution >= 0.6 is 0 Å². The van der Waals surface area contributed by atoms with E-state index in [2.05, 4.69) is 5.32 Å². The molecule has 1 saturated heterocycles. The molecular weight excluding hydrogens is 346 g/mol. The molecule has 0 aromatic heterocycles. The molecule has 1 fully saturated rings. The maximum Gasteiger partial charge on any atom is 0.410 e. The van der Waals surface area contributed by atoms with Crippen LogP contribution in [-0.2, 0) is 16.1 Å². The SMILES string of the molecule is CC(C)(C)OC(=O)N1CC[C@H](NC(=O)OCc2ccccc2)C(F)(F)C1. The molecule has 26 heavy (non-hydrogen) atoms. The summed E-state index contributed by atoms with van der Waals surface area (Å²) in [5.41, 5.74) is -0.00272. The first-order chi connectivity index (χ1) is 12.1. The summed E-state index contributed by atoms with van der Waals surface area (Å²) in [6.45, 7) is 4.24. The fourth-order valence-corrected chi connectivity index (χ4v) is 2.51. The summed E-state index contributed by atoms with van der Waals surface area (Å²) in [6.07, 6.45) is -1.79. The number of likely N-dealkylation sites (tertiary alicyclic amines) is 1. The van der Waals surface area contributed by atoms with Gasteiger partial charge in [0.15, 0.2) is 0 Å². The standard InChI is InChI=1S/C18H24F2N2O4/c1-17(2,3)26-16(24)22-10-9-14(18(19,20)12-22)21-15(23)25-11-13-7-5-4-6-8-13/h4-8,14H,9-12H2,1-3H3,(H,21,23)/t14-/m0/s1. The number of nitrogens with zero attached hydrogens (tertiary/aromatic N) is 1. The molecule has 6 nitrogen and oxygen atoms in total. The van der Waals surface area contributed by atoms with E-state index in [-0.39, 0.29) is 19.6 Å². The van der Waals surface area contributed by atoms with Gasteiger partial charge in [0.2, 0.25) is 0 Å². The molecule has 0 spiro atoms. The van der Waals surface area contributed by atoms with Gasteiger partial charge in [-0.25, -0.2) is 18.4 Å². The lowest BCUT2D eigenvalue weighted by molar-refractivity contribution is -0.0901. The molecule has 2 amide bonds. The number of piperidine rings is 1. The fourth-order valence-electron chi connectivity index (χ4n) is 2.51. The van der Waals surface area contributed by atoms with E-state index in [0.717, 1.165) is 10.5 Å². The average Bonchev–Trinajstić information content (AvgIpc) is 2.54. The van der Waals surface area contributed by atoms with Crippen molar-refractivity contribution in [1.82, 2.24) is 10.2 Å². The number of ether oxygens (including phenoxy) is 2. The van der Waals surface area contributed by atoms with Gasteiger partial charge in [0, 0.05) is 6.54 Å². The van der Waals surface area contributed by atoms with Crippen molar-refractivity contribution >= 4 is 12.2 Å². The molecule has 1 aromatic carbocycles. The van der Waals surface area contributed by atoms with E-state index >= 15 is 0 Å². The second-order valence-electron chi connectivity index (χ2n) is 7.21. The van der Waals surface area contributed by atoms with Crippen molar-refractivity contribution in [2.24, 2.45) is 0 Å². The van der Waals surface area contributed by atoms with Crippen LogP contribution in [0.5, 0.6) is 0 Å². The van der Waals surface area contributed by atoms with Gasteiger partial charge in [-0.05, 0) is 32.8 Å². The van der Waals surface area contributed by atoms with Gasteiger partial charge in [-0.15, -0.1) is 0 Å². The fraction of sp³-hybridized carbons (Fsp3) is 0.556. The van der Waals surface area contributed by atoms with Crippen LogP contribution in [0.1, 0.15) is 32.8 Å². The number of hydrogen-bond acceptors (Lipinski definition) is 4. The lowest BCUT2D eigenvalue weighted by Crippen LogP contribution is -2.59. The van der Waals surface area contributed by atoms with Gasteiger partial charge < -0.3 is 19.7 Å². The predicted molar refractivity (Wildman–Crippen MR) is 90.9 cm³/mol. The third kappa shape index (κ3) is 5.86. The highest BCUT2D eigenvalue weighted by Gasteiger charge is 2.47. The monoisotopic (exact) mass is 370 g/mol. The van der Waals surface area contributed by atoms with Crippen molar-refractivity contribution in [2.45, 2.75) is 51.4 Å². The van der Waals surface area contributed by atoms with E-state index in [9.17, 15) is 18.4 Å². The number of carbonyl (C=O) groups excluding carboxylic acids is 2. The van der Waals surface area contributed by atoms with E-state index in [0.29, 0.717) is 0 Å². The number of carbonyl (C=O) groups is 2. The van der Waals surface area contributed by atoms with Gasteiger partial charge in [0.1, 0.15) is 12.2 Å². The first-order valence-electron chi connectivity index (χ1n) is 8.40. The molecule has 144 valence electrons. The van der Waals surface area contributed by atoms with Gasteiger partial charge in [-0.2, -0.15) is 0 Å². The van der Waals surface area contributed by atoms with Crippen molar-refractivity contribution in [3.63, 3.8) is 0 Å². The summed E-state index contributed by atoms with van der Waals surface area (Å²) in [7, 11) is 0. The van der Waals surface area contributed by atoms with Gasteiger partial charge in [-0.3, -0.25) is 0 Å². The molecule has 1 aliphatic heterocycles. The topological polar surface area (TPSA) is 67.9 Å². The van der Waals surface area contributed by atoms with Crippen molar-refractivity contribution in [1.29, 1.82) is 0 Å². The number of benzene rings is 1. The Balaban J connectivity index is 1.85. The number of alkyl carbamates (subject to hydrolysis) is 1. The number of halogens is 2. The van der Waals surface area contributed by atoms with Crippen molar-refractivity contribution in [3.05, 3.63) is 35.9 Å². The Labute approximate surface area is 151 Å². The van der Waals surface area contributed by atoms with Gasteiger partial charge in [-0.1, -0.05) is 30.3 Å². The minimum atomic E-state index is -3.28. The second-order valence-corrected chi connectivity index (χ2v) is 7.21. The summed E-state index contributed by atoms with van der Waals surface area (Å²) in [6, 6.07) is 7.53. The third-order valence-electron chi connectivity index (χ3n) is 3.76. The highest BCUT2D eigenvalue weighted by Crippen LogP contribution is 2.28. The molecule has 2 rings (SSSR count). The van der Waals surface area contributed by atoms with E-state index in [1.165, 1.54) is 0 Å². The Kier molecular flexibility index (Phi) is 6.05.